The highest BCUT2D eigenvalue weighted by molar-refractivity contribution is 7.81. The molecule has 0 radical (unpaired) electrons. The molecule has 0 amide bonds. The maximum atomic E-state index is 11.4. The second kappa shape index (κ2) is 9.76. The second-order valence-electron chi connectivity index (χ2n) is 4.05. The predicted molar refractivity (Wildman–Crippen MR) is 71.9 cm³/mol. The largest absolute Gasteiger partial charge is 0.465 e. The number of thiol groups is 1. The summed E-state index contributed by atoms with van der Waals surface area (Å²) in [6.45, 7) is 6.78. The molecule has 0 saturated carbocycles. The van der Waals surface area contributed by atoms with E-state index in [-0.39, 0.29) is 11.2 Å². The molecule has 0 aliphatic rings. The van der Waals surface area contributed by atoms with Crippen molar-refractivity contribution < 1.29 is 9.53 Å². The normalized spacial score (nSPS) is 15.0. The van der Waals surface area contributed by atoms with E-state index in [9.17, 15) is 4.79 Å². The first-order valence-corrected chi connectivity index (χ1v) is 6.62. The Kier molecular flexibility index (Phi) is 9.49. The van der Waals surface area contributed by atoms with Crippen LogP contribution < -0.4 is 0 Å². The lowest BCUT2D eigenvalue weighted by atomic mass is 10.0. The summed E-state index contributed by atoms with van der Waals surface area (Å²) in [6, 6.07) is 0. The van der Waals surface area contributed by atoms with Crippen molar-refractivity contribution in [1.82, 2.24) is 0 Å². The van der Waals surface area contributed by atoms with Crippen molar-refractivity contribution in [2.45, 2.75) is 51.7 Å². The van der Waals surface area contributed by atoms with Crippen molar-refractivity contribution in [3.05, 3.63) is 12.2 Å². The zero-order valence-corrected chi connectivity index (χ0v) is 11.5. The Morgan fingerprint density at radius 1 is 1.38 bits per heavy atom. The fourth-order valence-corrected chi connectivity index (χ4v) is 1.59. The number of rotatable bonds is 8. The minimum atomic E-state index is -0.134. The monoisotopic (exact) mass is 244 g/mol. The maximum absolute atomic E-state index is 11.4. The van der Waals surface area contributed by atoms with E-state index in [1.54, 1.807) is 0 Å². The van der Waals surface area contributed by atoms with E-state index in [0.717, 1.165) is 19.3 Å². The highest BCUT2D eigenvalue weighted by atomic mass is 32.1. The summed E-state index contributed by atoms with van der Waals surface area (Å²) in [5, 5.41) is 0.115. The molecule has 0 fully saturated rings. The van der Waals surface area contributed by atoms with Crippen molar-refractivity contribution in [3.8, 4) is 0 Å². The standard InChI is InChI=1S/C13H24O2S/c1-4-6-7-8-9-15-13(14)10-12(16)11(3)5-2/h6-7,11-12,16H,4-5,8-10H2,1-3H3/b7-6+. The van der Waals surface area contributed by atoms with Gasteiger partial charge in [-0.3, -0.25) is 4.79 Å². The molecule has 0 aliphatic heterocycles. The van der Waals surface area contributed by atoms with E-state index < -0.39 is 0 Å². The van der Waals surface area contributed by atoms with Gasteiger partial charge in [0.15, 0.2) is 0 Å². The van der Waals surface area contributed by atoms with Gasteiger partial charge in [0.1, 0.15) is 0 Å². The first kappa shape index (κ1) is 15.6. The fourth-order valence-electron chi connectivity index (χ4n) is 1.23. The third-order valence-electron chi connectivity index (χ3n) is 2.63. The van der Waals surface area contributed by atoms with E-state index >= 15 is 0 Å². The second-order valence-corrected chi connectivity index (χ2v) is 4.71. The van der Waals surface area contributed by atoms with Crippen LogP contribution in [0.3, 0.4) is 0 Å². The van der Waals surface area contributed by atoms with Crippen molar-refractivity contribution in [2.75, 3.05) is 6.61 Å². The molecule has 94 valence electrons. The fraction of sp³-hybridized carbons (Fsp3) is 0.769. The van der Waals surface area contributed by atoms with E-state index in [1.165, 1.54) is 0 Å². The molecule has 0 N–H and O–H groups in total. The summed E-state index contributed by atoms with van der Waals surface area (Å²) in [5.41, 5.74) is 0. The Bertz CT molecular complexity index is 214. The molecule has 2 atom stereocenters. The number of ether oxygens (including phenoxy) is 1. The third kappa shape index (κ3) is 7.80. The summed E-state index contributed by atoms with van der Waals surface area (Å²) in [6.07, 6.45) is 7.41. The quantitative estimate of drug-likeness (QED) is 0.305. The van der Waals surface area contributed by atoms with Crippen molar-refractivity contribution in [2.24, 2.45) is 5.92 Å². The summed E-state index contributed by atoms with van der Waals surface area (Å²) in [7, 11) is 0. The number of esters is 1. The van der Waals surface area contributed by atoms with Crippen LogP contribution in [0.1, 0.15) is 46.5 Å². The first-order chi connectivity index (χ1) is 7.61. The van der Waals surface area contributed by atoms with Crippen LogP contribution in [-0.4, -0.2) is 17.8 Å². The van der Waals surface area contributed by atoms with Gasteiger partial charge in [0.2, 0.25) is 0 Å². The van der Waals surface area contributed by atoms with Gasteiger partial charge in [0, 0.05) is 5.25 Å². The molecule has 0 saturated heterocycles. The zero-order valence-electron chi connectivity index (χ0n) is 10.6. The molecule has 0 aromatic carbocycles. The van der Waals surface area contributed by atoms with Gasteiger partial charge in [-0.1, -0.05) is 39.3 Å². The van der Waals surface area contributed by atoms with Gasteiger partial charge in [0.25, 0.3) is 0 Å². The van der Waals surface area contributed by atoms with Gasteiger partial charge >= 0.3 is 5.97 Å². The molecule has 16 heavy (non-hydrogen) atoms. The highest BCUT2D eigenvalue weighted by Gasteiger charge is 2.16. The Labute approximate surface area is 105 Å². The molecule has 3 heteroatoms. The number of carbonyl (C=O) groups is 1. The van der Waals surface area contributed by atoms with Crippen LogP contribution in [0, 0.1) is 5.92 Å². The number of hydrogen-bond donors (Lipinski definition) is 1. The summed E-state index contributed by atoms with van der Waals surface area (Å²) < 4.78 is 5.11. The Morgan fingerprint density at radius 3 is 2.62 bits per heavy atom. The molecule has 2 nitrogen and oxygen atoms in total. The minimum absolute atomic E-state index is 0.115. The number of allylic oxidation sites excluding steroid dienone is 1. The molecule has 0 rings (SSSR count). The summed E-state index contributed by atoms with van der Waals surface area (Å²) in [5.74, 6) is 0.320. The van der Waals surface area contributed by atoms with Crippen LogP contribution >= 0.6 is 12.6 Å². The Hall–Kier alpha value is -0.440. The predicted octanol–water partition coefficient (Wildman–Crippen LogP) is 3.62. The van der Waals surface area contributed by atoms with Crippen LogP contribution in [0.15, 0.2) is 12.2 Å². The lowest BCUT2D eigenvalue weighted by molar-refractivity contribution is -0.143. The van der Waals surface area contributed by atoms with Gasteiger partial charge in [-0.15, -0.1) is 0 Å². The van der Waals surface area contributed by atoms with Gasteiger partial charge < -0.3 is 4.74 Å². The van der Waals surface area contributed by atoms with Crippen molar-refractivity contribution in [1.29, 1.82) is 0 Å². The SMILES string of the molecule is CC/C=C/CCOC(=O)CC(S)C(C)CC. The lowest BCUT2D eigenvalue weighted by Gasteiger charge is -2.16. The average Bonchev–Trinajstić information content (AvgIpc) is 2.27. The first-order valence-electron chi connectivity index (χ1n) is 6.10. The van der Waals surface area contributed by atoms with Crippen LogP contribution in [0.4, 0.5) is 0 Å². The van der Waals surface area contributed by atoms with Gasteiger partial charge in [0.05, 0.1) is 13.0 Å². The molecule has 0 aromatic rings. The van der Waals surface area contributed by atoms with Crippen molar-refractivity contribution in [3.63, 3.8) is 0 Å². The van der Waals surface area contributed by atoms with E-state index in [4.69, 9.17) is 4.74 Å². The van der Waals surface area contributed by atoms with Crippen LogP contribution in [0.25, 0.3) is 0 Å². The van der Waals surface area contributed by atoms with Gasteiger partial charge in [-0.05, 0) is 18.8 Å². The van der Waals surface area contributed by atoms with E-state index in [0.29, 0.717) is 18.9 Å². The number of carbonyl (C=O) groups excluding carboxylic acids is 1. The molecule has 0 aromatic heterocycles. The van der Waals surface area contributed by atoms with Crippen molar-refractivity contribution >= 4 is 18.6 Å². The van der Waals surface area contributed by atoms with Gasteiger partial charge in [-0.2, -0.15) is 12.6 Å². The average molecular weight is 244 g/mol. The Morgan fingerprint density at radius 2 is 2.06 bits per heavy atom. The molecular formula is C13H24O2S. The summed E-state index contributed by atoms with van der Waals surface area (Å²) in [4.78, 5) is 11.4. The van der Waals surface area contributed by atoms with E-state index in [1.807, 2.05) is 6.08 Å². The maximum Gasteiger partial charge on any atom is 0.306 e. The van der Waals surface area contributed by atoms with E-state index in [2.05, 4.69) is 39.5 Å². The molecule has 0 heterocycles. The summed E-state index contributed by atoms with van der Waals surface area (Å²) >= 11 is 4.41. The van der Waals surface area contributed by atoms with Crippen LogP contribution in [0.5, 0.6) is 0 Å². The minimum Gasteiger partial charge on any atom is -0.465 e. The number of hydrogen-bond acceptors (Lipinski definition) is 3. The molecule has 0 aliphatic carbocycles. The topological polar surface area (TPSA) is 26.3 Å². The van der Waals surface area contributed by atoms with Crippen LogP contribution in [-0.2, 0) is 9.53 Å². The molecule has 2 unspecified atom stereocenters. The smallest absolute Gasteiger partial charge is 0.306 e. The Balaban J connectivity index is 3.62. The van der Waals surface area contributed by atoms with Crippen LogP contribution in [0.2, 0.25) is 0 Å². The lowest BCUT2D eigenvalue weighted by Crippen LogP contribution is -2.18. The third-order valence-corrected chi connectivity index (χ3v) is 3.32. The molecular weight excluding hydrogens is 220 g/mol. The highest BCUT2D eigenvalue weighted by Crippen LogP contribution is 2.17. The molecule has 0 spiro atoms. The molecule has 0 bridgehead atoms. The zero-order chi connectivity index (χ0) is 12.4. The van der Waals surface area contributed by atoms with Gasteiger partial charge in [-0.25, -0.2) is 0 Å².